The molecule has 1 N–H and O–H groups in total. The van der Waals surface area contributed by atoms with Crippen molar-refractivity contribution in [2.45, 2.75) is 25.7 Å². The van der Waals surface area contributed by atoms with Crippen LogP contribution in [0, 0.1) is 13.8 Å². The van der Waals surface area contributed by atoms with Gasteiger partial charge < -0.3 is 10.1 Å². The SMILES string of the molecule is CCOC(=O)c1cc(NC(=O)CN(c2ccc(C)cc2)S(=O)(=O)c2ccc(C)cc2)ccc1Cl. The number of benzene rings is 3. The molecule has 0 bridgehead atoms. The minimum Gasteiger partial charge on any atom is -0.462 e. The fourth-order valence-corrected chi connectivity index (χ4v) is 4.78. The van der Waals surface area contributed by atoms with Gasteiger partial charge in [-0.25, -0.2) is 13.2 Å². The number of nitrogens with one attached hydrogen (secondary N) is 1. The summed E-state index contributed by atoms with van der Waals surface area (Å²) >= 11 is 6.08. The molecule has 7 nitrogen and oxygen atoms in total. The van der Waals surface area contributed by atoms with Crippen molar-refractivity contribution in [3.8, 4) is 0 Å². The molecule has 0 spiro atoms. The standard InChI is InChI=1S/C25H25ClN2O5S/c1-4-33-25(30)22-15-19(9-14-23(22)26)27-24(29)16-28(20-10-5-17(2)6-11-20)34(31,32)21-12-7-18(3)8-13-21/h5-15H,4,16H2,1-3H3,(H,27,29). The topological polar surface area (TPSA) is 92.8 Å². The van der Waals surface area contributed by atoms with Crippen molar-refractivity contribution in [2.24, 2.45) is 0 Å². The number of halogens is 1. The van der Waals surface area contributed by atoms with E-state index in [1.165, 1.54) is 30.3 Å². The highest BCUT2D eigenvalue weighted by Crippen LogP contribution is 2.25. The third-order valence-electron chi connectivity index (χ3n) is 4.96. The molecule has 3 aromatic rings. The van der Waals surface area contributed by atoms with Crippen LogP contribution in [0.3, 0.4) is 0 Å². The van der Waals surface area contributed by atoms with Gasteiger partial charge in [0.05, 0.1) is 27.8 Å². The van der Waals surface area contributed by atoms with Crippen LogP contribution < -0.4 is 9.62 Å². The molecule has 0 saturated heterocycles. The van der Waals surface area contributed by atoms with Crippen LogP contribution in [-0.4, -0.2) is 33.4 Å². The van der Waals surface area contributed by atoms with Gasteiger partial charge in [-0.1, -0.05) is 47.0 Å². The molecule has 0 aliphatic carbocycles. The van der Waals surface area contributed by atoms with Gasteiger partial charge in [-0.2, -0.15) is 0 Å². The van der Waals surface area contributed by atoms with Gasteiger partial charge in [-0.3, -0.25) is 9.10 Å². The fraction of sp³-hybridized carbons (Fsp3) is 0.200. The Kier molecular flexibility index (Phi) is 7.96. The van der Waals surface area contributed by atoms with Gasteiger partial charge in [-0.15, -0.1) is 0 Å². The molecule has 0 aliphatic heterocycles. The van der Waals surface area contributed by atoms with Crippen molar-refractivity contribution in [3.05, 3.63) is 88.4 Å². The van der Waals surface area contributed by atoms with E-state index in [-0.39, 0.29) is 27.8 Å². The van der Waals surface area contributed by atoms with Gasteiger partial charge in [0.25, 0.3) is 10.0 Å². The van der Waals surface area contributed by atoms with E-state index in [0.717, 1.165) is 15.4 Å². The maximum atomic E-state index is 13.4. The summed E-state index contributed by atoms with van der Waals surface area (Å²) in [5.74, 6) is -1.21. The van der Waals surface area contributed by atoms with Crippen molar-refractivity contribution >= 4 is 44.9 Å². The van der Waals surface area contributed by atoms with Crippen LogP contribution >= 0.6 is 11.6 Å². The van der Waals surface area contributed by atoms with Gasteiger partial charge in [0.15, 0.2) is 0 Å². The lowest BCUT2D eigenvalue weighted by Crippen LogP contribution is -2.38. The van der Waals surface area contributed by atoms with Crippen LogP contribution in [0.15, 0.2) is 71.6 Å². The smallest absolute Gasteiger partial charge is 0.339 e. The Morgan fingerprint density at radius 3 is 2.12 bits per heavy atom. The number of hydrogen-bond acceptors (Lipinski definition) is 5. The molecule has 178 valence electrons. The first-order chi connectivity index (χ1) is 16.1. The first-order valence-electron chi connectivity index (χ1n) is 10.5. The summed E-state index contributed by atoms with van der Waals surface area (Å²) in [6.07, 6.45) is 0. The van der Waals surface area contributed by atoms with Crippen molar-refractivity contribution < 1.29 is 22.7 Å². The Hall–Kier alpha value is -3.36. The molecule has 0 saturated carbocycles. The highest BCUT2D eigenvalue weighted by atomic mass is 35.5. The Balaban J connectivity index is 1.90. The molecule has 34 heavy (non-hydrogen) atoms. The number of carbonyl (C=O) groups is 2. The van der Waals surface area contributed by atoms with Gasteiger partial charge in [0.1, 0.15) is 6.54 Å². The summed E-state index contributed by atoms with van der Waals surface area (Å²) in [6, 6.07) is 17.6. The van der Waals surface area contributed by atoms with E-state index in [0.29, 0.717) is 5.69 Å². The lowest BCUT2D eigenvalue weighted by atomic mass is 10.2. The Bertz CT molecular complexity index is 1290. The molecule has 0 heterocycles. The molecule has 0 radical (unpaired) electrons. The van der Waals surface area contributed by atoms with Crippen LogP contribution in [0.5, 0.6) is 0 Å². The largest absolute Gasteiger partial charge is 0.462 e. The molecular weight excluding hydrogens is 476 g/mol. The summed E-state index contributed by atoms with van der Waals surface area (Å²) in [7, 11) is -4.03. The number of nitrogens with zero attached hydrogens (tertiary/aromatic N) is 1. The zero-order valence-corrected chi connectivity index (χ0v) is 20.6. The molecule has 3 aromatic carbocycles. The monoisotopic (exact) mass is 500 g/mol. The number of ether oxygens (including phenoxy) is 1. The molecule has 0 atom stereocenters. The van der Waals surface area contributed by atoms with Gasteiger partial charge >= 0.3 is 5.97 Å². The lowest BCUT2D eigenvalue weighted by molar-refractivity contribution is -0.114. The fourth-order valence-electron chi connectivity index (χ4n) is 3.16. The van der Waals surface area contributed by atoms with E-state index in [1.54, 1.807) is 43.3 Å². The first-order valence-corrected chi connectivity index (χ1v) is 12.4. The van der Waals surface area contributed by atoms with Crippen LogP contribution in [-0.2, 0) is 19.6 Å². The first kappa shape index (κ1) is 25.3. The number of aryl methyl sites for hydroxylation is 2. The maximum absolute atomic E-state index is 13.4. The highest BCUT2D eigenvalue weighted by Gasteiger charge is 2.27. The zero-order valence-electron chi connectivity index (χ0n) is 19.0. The minimum absolute atomic E-state index is 0.0718. The molecular formula is C25H25ClN2O5S. The predicted octanol–water partition coefficient (Wildman–Crippen LogP) is 4.97. The molecule has 3 rings (SSSR count). The normalized spacial score (nSPS) is 11.1. The van der Waals surface area contributed by atoms with E-state index in [4.69, 9.17) is 16.3 Å². The van der Waals surface area contributed by atoms with Gasteiger partial charge in [0.2, 0.25) is 5.91 Å². The van der Waals surface area contributed by atoms with E-state index in [2.05, 4.69) is 5.32 Å². The number of amides is 1. The summed E-state index contributed by atoms with van der Waals surface area (Å²) in [6.45, 7) is 5.12. The van der Waals surface area contributed by atoms with Crippen LogP contribution in [0.4, 0.5) is 11.4 Å². The zero-order chi connectivity index (χ0) is 24.9. The minimum atomic E-state index is -4.03. The number of anilines is 2. The second-order valence-corrected chi connectivity index (χ2v) is 9.89. The van der Waals surface area contributed by atoms with Crippen molar-refractivity contribution in [1.29, 1.82) is 0 Å². The number of rotatable bonds is 8. The van der Waals surface area contributed by atoms with E-state index < -0.39 is 28.4 Å². The molecule has 9 heteroatoms. The molecule has 0 unspecified atom stereocenters. The second kappa shape index (κ2) is 10.7. The molecule has 1 amide bonds. The Morgan fingerprint density at radius 1 is 0.941 bits per heavy atom. The van der Waals surface area contributed by atoms with Crippen molar-refractivity contribution in [2.75, 3.05) is 22.8 Å². The molecule has 0 aromatic heterocycles. The van der Waals surface area contributed by atoms with E-state index >= 15 is 0 Å². The summed E-state index contributed by atoms with van der Waals surface area (Å²) in [5, 5.41) is 2.82. The maximum Gasteiger partial charge on any atom is 0.339 e. The van der Waals surface area contributed by atoms with Crippen molar-refractivity contribution in [1.82, 2.24) is 0 Å². The summed E-state index contributed by atoms with van der Waals surface area (Å²) in [5.41, 5.74) is 2.61. The van der Waals surface area contributed by atoms with Crippen molar-refractivity contribution in [3.63, 3.8) is 0 Å². The Labute approximate surface area is 204 Å². The predicted molar refractivity (Wildman–Crippen MR) is 133 cm³/mol. The average molecular weight is 501 g/mol. The molecule has 0 fully saturated rings. The molecule has 0 aliphatic rings. The number of sulfonamides is 1. The third-order valence-corrected chi connectivity index (χ3v) is 7.08. The van der Waals surface area contributed by atoms with Crippen LogP contribution in [0.25, 0.3) is 0 Å². The lowest BCUT2D eigenvalue weighted by Gasteiger charge is -2.24. The summed E-state index contributed by atoms with van der Waals surface area (Å²) < 4.78 is 32.9. The van der Waals surface area contributed by atoms with E-state index in [9.17, 15) is 18.0 Å². The van der Waals surface area contributed by atoms with Gasteiger partial charge in [-0.05, 0) is 63.2 Å². The van der Waals surface area contributed by atoms with Gasteiger partial charge in [0, 0.05) is 5.69 Å². The third kappa shape index (κ3) is 5.95. The van der Waals surface area contributed by atoms with Crippen LogP contribution in [0.1, 0.15) is 28.4 Å². The second-order valence-electron chi connectivity index (χ2n) is 7.62. The summed E-state index contributed by atoms with van der Waals surface area (Å²) in [4.78, 5) is 25.1. The highest BCUT2D eigenvalue weighted by molar-refractivity contribution is 7.92. The van der Waals surface area contributed by atoms with E-state index in [1.807, 2.05) is 13.8 Å². The number of hydrogen-bond donors (Lipinski definition) is 1. The number of esters is 1. The Morgan fingerprint density at radius 2 is 1.53 bits per heavy atom. The average Bonchev–Trinajstić information content (AvgIpc) is 2.80. The quantitative estimate of drug-likeness (QED) is 0.441. The van der Waals surface area contributed by atoms with Crippen LogP contribution in [0.2, 0.25) is 5.02 Å². The number of carbonyl (C=O) groups excluding carboxylic acids is 2.